The number of Topliss-reactive ketones (excluding diaryl/α,β-unsaturated/α-hetero) is 1. The maximum absolute atomic E-state index is 11.7. The third kappa shape index (κ3) is 3.50. The number of carbonyl (C=O) groups is 1. The highest BCUT2D eigenvalue weighted by Crippen LogP contribution is 2.15. The smallest absolute Gasteiger partial charge is 0.137 e. The molecule has 0 aliphatic rings. The molecule has 82 valence electrons. The minimum atomic E-state index is 0.370. The first-order chi connectivity index (χ1) is 7.15. The average molecular weight is 204 g/mol. The Hall–Kier alpha value is -1.11. The number of hydrogen-bond donors (Lipinski definition) is 0. The first-order valence-electron chi connectivity index (χ1n) is 5.72. The van der Waals surface area contributed by atoms with Gasteiger partial charge >= 0.3 is 0 Å². The Bertz CT molecular complexity index is 319. The third-order valence-electron chi connectivity index (χ3n) is 2.83. The Labute approximate surface area is 92.5 Å². The molecule has 0 radical (unpaired) electrons. The van der Waals surface area contributed by atoms with Crippen molar-refractivity contribution in [3.05, 3.63) is 34.9 Å². The highest BCUT2D eigenvalue weighted by molar-refractivity contribution is 5.81. The van der Waals surface area contributed by atoms with Crippen LogP contribution in [0.1, 0.15) is 42.9 Å². The lowest BCUT2D eigenvalue weighted by Gasteiger charge is -2.08. The number of carbonyl (C=O) groups excluding carboxylic acids is 1. The molecule has 0 aliphatic heterocycles. The fraction of sp³-hybridized carbons (Fsp3) is 0.500. The summed E-state index contributed by atoms with van der Waals surface area (Å²) in [6.45, 7) is 6.27. The van der Waals surface area contributed by atoms with Gasteiger partial charge in [0.15, 0.2) is 0 Å². The van der Waals surface area contributed by atoms with Gasteiger partial charge in [-0.15, -0.1) is 0 Å². The van der Waals surface area contributed by atoms with E-state index >= 15 is 0 Å². The minimum Gasteiger partial charge on any atom is -0.299 e. The van der Waals surface area contributed by atoms with Crippen molar-refractivity contribution >= 4 is 5.78 Å². The predicted molar refractivity (Wildman–Crippen MR) is 64.2 cm³/mol. The maximum Gasteiger partial charge on any atom is 0.137 e. The van der Waals surface area contributed by atoms with Gasteiger partial charge < -0.3 is 0 Å². The monoisotopic (exact) mass is 204 g/mol. The second-order valence-electron chi connectivity index (χ2n) is 4.19. The van der Waals surface area contributed by atoms with Gasteiger partial charge in [-0.2, -0.15) is 0 Å². The summed E-state index contributed by atoms with van der Waals surface area (Å²) in [6, 6.07) is 6.20. The lowest BCUT2D eigenvalue weighted by Crippen LogP contribution is -2.05. The van der Waals surface area contributed by atoms with Crippen LogP contribution in [0.25, 0.3) is 0 Å². The molecule has 0 saturated carbocycles. The first-order valence-corrected chi connectivity index (χ1v) is 5.72. The second-order valence-corrected chi connectivity index (χ2v) is 4.19. The molecular formula is C14H20O. The molecule has 1 aromatic carbocycles. The first kappa shape index (κ1) is 12.0. The van der Waals surface area contributed by atoms with Gasteiger partial charge in [-0.05, 0) is 37.0 Å². The Kier molecular flexibility index (Phi) is 4.54. The van der Waals surface area contributed by atoms with Gasteiger partial charge in [0.05, 0.1) is 0 Å². The van der Waals surface area contributed by atoms with Crippen molar-refractivity contribution in [2.24, 2.45) is 0 Å². The highest BCUT2D eigenvalue weighted by atomic mass is 16.1. The zero-order valence-electron chi connectivity index (χ0n) is 9.97. The van der Waals surface area contributed by atoms with Crippen LogP contribution in [0.15, 0.2) is 18.2 Å². The van der Waals surface area contributed by atoms with Gasteiger partial charge in [-0.1, -0.05) is 31.5 Å². The van der Waals surface area contributed by atoms with Gasteiger partial charge in [-0.3, -0.25) is 4.79 Å². The molecular weight excluding hydrogens is 184 g/mol. The molecule has 0 aromatic heterocycles. The van der Waals surface area contributed by atoms with Gasteiger partial charge in [-0.25, -0.2) is 0 Å². The summed E-state index contributed by atoms with van der Waals surface area (Å²) in [4.78, 5) is 11.7. The van der Waals surface area contributed by atoms with E-state index in [1.165, 1.54) is 16.7 Å². The second kappa shape index (κ2) is 5.69. The van der Waals surface area contributed by atoms with Gasteiger partial charge in [0.25, 0.3) is 0 Å². The minimum absolute atomic E-state index is 0.370. The topological polar surface area (TPSA) is 17.1 Å². The van der Waals surface area contributed by atoms with Crippen molar-refractivity contribution in [1.82, 2.24) is 0 Å². The Morgan fingerprint density at radius 3 is 2.33 bits per heavy atom. The standard InChI is InChI=1S/C14H20O/c1-4-5-9-13(15)10-14-11(2)7-6-8-12(14)3/h6-8H,4-5,9-10H2,1-3H3. The normalized spacial score (nSPS) is 10.3. The van der Waals surface area contributed by atoms with E-state index in [-0.39, 0.29) is 0 Å². The van der Waals surface area contributed by atoms with Crippen molar-refractivity contribution in [1.29, 1.82) is 0 Å². The fourth-order valence-corrected chi connectivity index (χ4v) is 1.79. The van der Waals surface area contributed by atoms with Gasteiger partial charge in [0, 0.05) is 12.8 Å². The molecule has 1 nitrogen and oxygen atoms in total. The number of ketones is 1. The van der Waals surface area contributed by atoms with Crippen LogP contribution in [0.5, 0.6) is 0 Å². The van der Waals surface area contributed by atoms with Crippen molar-refractivity contribution in [2.45, 2.75) is 46.5 Å². The molecule has 1 aromatic rings. The largest absolute Gasteiger partial charge is 0.299 e. The van der Waals surface area contributed by atoms with Crippen LogP contribution >= 0.6 is 0 Å². The molecule has 0 heterocycles. The quantitative estimate of drug-likeness (QED) is 0.716. The van der Waals surface area contributed by atoms with Crippen LogP contribution < -0.4 is 0 Å². The predicted octanol–water partition coefficient (Wildman–Crippen LogP) is 3.61. The van der Waals surface area contributed by atoms with Crippen LogP contribution in [0.3, 0.4) is 0 Å². The van der Waals surface area contributed by atoms with E-state index in [1.807, 2.05) is 6.07 Å². The number of hydrogen-bond acceptors (Lipinski definition) is 1. The van der Waals surface area contributed by atoms with Crippen molar-refractivity contribution in [2.75, 3.05) is 0 Å². The van der Waals surface area contributed by atoms with Crippen LogP contribution in [0, 0.1) is 13.8 Å². The Morgan fingerprint density at radius 2 is 1.80 bits per heavy atom. The average Bonchev–Trinajstić information content (AvgIpc) is 2.21. The molecule has 1 rings (SSSR count). The summed E-state index contributed by atoms with van der Waals surface area (Å²) in [5.41, 5.74) is 3.69. The third-order valence-corrected chi connectivity index (χ3v) is 2.83. The number of benzene rings is 1. The highest BCUT2D eigenvalue weighted by Gasteiger charge is 2.07. The van der Waals surface area contributed by atoms with Crippen LogP contribution in [-0.4, -0.2) is 5.78 Å². The number of aryl methyl sites for hydroxylation is 2. The van der Waals surface area contributed by atoms with E-state index < -0.39 is 0 Å². The molecule has 0 unspecified atom stereocenters. The molecule has 0 atom stereocenters. The van der Waals surface area contributed by atoms with Crippen molar-refractivity contribution in [3.63, 3.8) is 0 Å². The van der Waals surface area contributed by atoms with E-state index in [2.05, 4.69) is 32.9 Å². The summed E-state index contributed by atoms with van der Waals surface area (Å²) < 4.78 is 0. The molecule has 1 heteroatoms. The molecule has 0 fully saturated rings. The summed E-state index contributed by atoms with van der Waals surface area (Å²) in [5.74, 6) is 0.370. The summed E-state index contributed by atoms with van der Waals surface area (Å²) in [7, 11) is 0. The lowest BCUT2D eigenvalue weighted by molar-refractivity contribution is -0.118. The molecule has 0 amide bonds. The van der Waals surface area contributed by atoms with E-state index in [1.54, 1.807) is 0 Å². The molecule has 0 saturated heterocycles. The number of unbranched alkanes of at least 4 members (excludes halogenated alkanes) is 1. The number of rotatable bonds is 5. The van der Waals surface area contributed by atoms with Crippen molar-refractivity contribution in [3.8, 4) is 0 Å². The summed E-state index contributed by atoms with van der Waals surface area (Å²) in [5, 5.41) is 0. The summed E-state index contributed by atoms with van der Waals surface area (Å²) in [6.07, 6.45) is 3.45. The Balaban J connectivity index is 2.68. The van der Waals surface area contributed by atoms with Gasteiger partial charge in [0.2, 0.25) is 0 Å². The summed E-state index contributed by atoms with van der Waals surface area (Å²) >= 11 is 0. The lowest BCUT2D eigenvalue weighted by atomic mass is 9.96. The zero-order valence-corrected chi connectivity index (χ0v) is 9.97. The van der Waals surface area contributed by atoms with Crippen molar-refractivity contribution < 1.29 is 4.79 Å². The maximum atomic E-state index is 11.7. The molecule has 0 bridgehead atoms. The van der Waals surface area contributed by atoms with Gasteiger partial charge in [0.1, 0.15) is 5.78 Å². The van der Waals surface area contributed by atoms with E-state index in [0.717, 1.165) is 19.3 Å². The fourth-order valence-electron chi connectivity index (χ4n) is 1.79. The van der Waals surface area contributed by atoms with Crippen LogP contribution in [0.4, 0.5) is 0 Å². The van der Waals surface area contributed by atoms with E-state index in [4.69, 9.17) is 0 Å². The molecule has 15 heavy (non-hydrogen) atoms. The van der Waals surface area contributed by atoms with Crippen LogP contribution in [-0.2, 0) is 11.2 Å². The van der Waals surface area contributed by atoms with E-state index in [9.17, 15) is 4.79 Å². The van der Waals surface area contributed by atoms with E-state index in [0.29, 0.717) is 12.2 Å². The molecule has 0 aliphatic carbocycles. The van der Waals surface area contributed by atoms with Crippen LogP contribution in [0.2, 0.25) is 0 Å². The molecule has 0 N–H and O–H groups in total. The Morgan fingerprint density at radius 1 is 1.20 bits per heavy atom. The SMILES string of the molecule is CCCCC(=O)Cc1c(C)cccc1C. The molecule has 0 spiro atoms. The zero-order chi connectivity index (χ0) is 11.3.